The van der Waals surface area contributed by atoms with E-state index in [-0.39, 0.29) is 22.4 Å². The summed E-state index contributed by atoms with van der Waals surface area (Å²) in [5, 5.41) is 0.115. The van der Waals surface area contributed by atoms with E-state index in [9.17, 15) is 14.0 Å². The van der Waals surface area contributed by atoms with Crippen LogP contribution in [0.15, 0.2) is 18.2 Å². The van der Waals surface area contributed by atoms with E-state index in [1.165, 1.54) is 18.2 Å². The van der Waals surface area contributed by atoms with Crippen molar-refractivity contribution in [2.75, 3.05) is 26.2 Å². The van der Waals surface area contributed by atoms with Crippen molar-refractivity contribution in [3.05, 3.63) is 34.6 Å². The summed E-state index contributed by atoms with van der Waals surface area (Å²) >= 11 is 5.95. The fourth-order valence-corrected chi connectivity index (χ4v) is 2.81. The molecule has 1 aliphatic heterocycles. The van der Waals surface area contributed by atoms with Crippen LogP contribution in [0.3, 0.4) is 0 Å². The van der Waals surface area contributed by atoms with E-state index >= 15 is 0 Å². The number of rotatable bonds is 2. The first-order chi connectivity index (χ1) is 10.4. The lowest BCUT2D eigenvalue weighted by Crippen LogP contribution is -2.39. The number of carbonyl (C=O) groups is 2. The number of amides is 2. The predicted octanol–water partition coefficient (Wildman–Crippen LogP) is 2.81. The largest absolute Gasteiger partial charge is 0.341 e. The molecule has 1 fully saturated rings. The number of halogens is 2. The molecule has 0 spiro atoms. The minimum atomic E-state index is -0.614. The first kappa shape index (κ1) is 16.7. The van der Waals surface area contributed by atoms with Gasteiger partial charge in [0.2, 0.25) is 5.91 Å². The zero-order valence-electron chi connectivity index (χ0n) is 12.8. The lowest BCUT2D eigenvalue weighted by Gasteiger charge is -2.23. The number of nitrogens with zero attached hydrogens (tertiary/aromatic N) is 2. The van der Waals surface area contributed by atoms with Crippen LogP contribution in [0.1, 0.15) is 30.6 Å². The van der Waals surface area contributed by atoms with E-state index in [0.29, 0.717) is 32.6 Å². The monoisotopic (exact) mass is 326 g/mol. The Bertz CT molecular complexity index is 557. The summed E-state index contributed by atoms with van der Waals surface area (Å²) in [6.45, 7) is 5.68. The van der Waals surface area contributed by atoms with Crippen LogP contribution in [0.2, 0.25) is 5.02 Å². The first-order valence-corrected chi connectivity index (χ1v) is 7.81. The third-order valence-electron chi connectivity index (χ3n) is 3.77. The summed E-state index contributed by atoms with van der Waals surface area (Å²) in [7, 11) is 0. The lowest BCUT2D eigenvalue weighted by atomic mass is 10.1. The summed E-state index contributed by atoms with van der Waals surface area (Å²) in [4.78, 5) is 27.9. The SMILES string of the molecule is CC(C)C(=O)N1CCCN(C(=O)c2c(F)cccc2Cl)CC1. The smallest absolute Gasteiger partial charge is 0.258 e. The summed E-state index contributed by atoms with van der Waals surface area (Å²) < 4.78 is 13.9. The molecule has 0 aliphatic carbocycles. The van der Waals surface area contributed by atoms with Gasteiger partial charge in [-0.25, -0.2) is 4.39 Å². The molecule has 0 atom stereocenters. The highest BCUT2D eigenvalue weighted by Gasteiger charge is 2.26. The highest BCUT2D eigenvalue weighted by atomic mass is 35.5. The Morgan fingerprint density at radius 1 is 1.14 bits per heavy atom. The zero-order chi connectivity index (χ0) is 16.3. The minimum Gasteiger partial charge on any atom is -0.341 e. The Hall–Kier alpha value is -1.62. The maximum absolute atomic E-state index is 13.9. The van der Waals surface area contributed by atoms with Gasteiger partial charge in [0.15, 0.2) is 0 Å². The molecule has 0 aromatic heterocycles. The number of hydrogen-bond acceptors (Lipinski definition) is 2. The van der Waals surface area contributed by atoms with Crippen molar-refractivity contribution in [1.29, 1.82) is 0 Å². The molecule has 2 rings (SSSR count). The van der Waals surface area contributed by atoms with Crippen molar-refractivity contribution in [3.63, 3.8) is 0 Å². The van der Waals surface area contributed by atoms with E-state index in [4.69, 9.17) is 11.6 Å². The van der Waals surface area contributed by atoms with Crippen LogP contribution in [0.5, 0.6) is 0 Å². The van der Waals surface area contributed by atoms with Crippen molar-refractivity contribution in [2.24, 2.45) is 5.92 Å². The standard InChI is InChI=1S/C16H20ClFN2O2/c1-11(2)15(21)19-7-4-8-20(10-9-19)16(22)14-12(17)5-3-6-13(14)18/h3,5-6,11H,4,7-10H2,1-2H3. The Morgan fingerprint density at radius 3 is 2.41 bits per heavy atom. The average molecular weight is 327 g/mol. The lowest BCUT2D eigenvalue weighted by molar-refractivity contribution is -0.134. The van der Waals surface area contributed by atoms with E-state index in [1.54, 1.807) is 9.80 Å². The van der Waals surface area contributed by atoms with Crippen molar-refractivity contribution in [3.8, 4) is 0 Å². The molecule has 1 aromatic rings. The van der Waals surface area contributed by atoms with Gasteiger partial charge in [-0.15, -0.1) is 0 Å². The van der Waals surface area contributed by atoms with Gasteiger partial charge in [0.25, 0.3) is 5.91 Å². The molecule has 0 radical (unpaired) electrons. The highest BCUT2D eigenvalue weighted by Crippen LogP contribution is 2.21. The molecule has 4 nitrogen and oxygen atoms in total. The van der Waals surface area contributed by atoms with Crippen LogP contribution in [0, 0.1) is 11.7 Å². The van der Waals surface area contributed by atoms with Gasteiger partial charge in [0, 0.05) is 32.1 Å². The molecule has 1 aliphatic rings. The quantitative estimate of drug-likeness (QED) is 0.838. The topological polar surface area (TPSA) is 40.6 Å². The maximum atomic E-state index is 13.9. The third-order valence-corrected chi connectivity index (χ3v) is 4.08. The molecule has 0 N–H and O–H groups in total. The molecular formula is C16H20ClFN2O2. The van der Waals surface area contributed by atoms with Crippen LogP contribution in [0.4, 0.5) is 4.39 Å². The Morgan fingerprint density at radius 2 is 1.77 bits per heavy atom. The zero-order valence-corrected chi connectivity index (χ0v) is 13.6. The summed E-state index contributed by atoms with van der Waals surface area (Å²) in [5.74, 6) is -1.01. The van der Waals surface area contributed by atoms with Crippen molar-refractivity contribution < 1.29 is 14.0 Å². The molecule has 1 saturated heterocycles. The van der Waals surface area contributed by atoms with Crippen molar-refractivity contribution in [1.82, 2.24) is 9.80 Å². The summed E-state index contributed by atoms with van der Waals surface area (Å²) in [6, 6.07) is 4.20. The second-order valence-electron chi connectivity index (χ2n) is 5.72. The second kappa shape index (κ2) is 7.09. The van der Waals surface area contributed by atoms with Crippen molar-refractivity contribution >= 4 is 23.4 Å². The molecule has 2 amide bonds. The van der Waals surface area contributed by atoms with Gasteiger partial charge in [-0.1, -0.05) is 31.5 Å². The van der Waals surface area contributed by atoms with Crippen molar-refractivity contribution in [2.45, 2.75) is 20.3 Å². The van der Waals surface area contributed by atoms with Crippen LogP contribution >= 0.6 is 11.6 Å². The van der Waals surface area contributed by atoms with Gasteiger partial charge < -0.3 is 9.80 Å². The Kier molecular flexibility index (Phi) is 5.40. The molecule has 1 aromatic carbocycles. The van der Waals surface area contributed by atoms with Gasteiger partial charge in [-0.3, -0.25) is 9.59 Å². The van der Waals surface area contributed by atoms with Crippen LogP contribution in [0.25, 0.3) is 0 Å². The maximum Gasteiger partial charge on any atom is 0.258 e. The van der Waals surface area contributed by atoms with E-state index in [2.05, 4.69) is 0 Å². The average Bonchev–Trinajstić information content (AvgIpc) is 2.71. The normalized spacial score (nSPS) is 15.9. The van der Waals surface area contributed by atoms with E-state index < -0.39 is 11.7 Å². The van der Waals surface area contributed by atoms with E-state index in [1.807, 2.05) is 13.8 Å². The Labute approximate surface area is 134 Å². The van der Waals surface area contributed by atoms with Crippen LogP contribution in [-0.2, 0) is 4.79 Å². The van der Waals surface area contributed by atoms with E-state index in [0.717, 1.165) is 0 Å². The fraction of sp³-hybridized carbons (Fsp3) is 0.500. The van der Waals surface area contributed by atoms with Gasteiger partial charge in [-0.05, 0) is 18.6 Å². The molecule has 6 heteroatoms. The third kappa shape index (κ3) is 3.58. The first-order valence-electron chi connectivity index (χ1n) is 7.44. The predicted molar refractivity (Wildman–Crippen MR) is 83.3 cm³/mol. The molecule has 22 heavy (non-hydrogen) atoms. The highest BCUT2D eigenvalue weighted by molar-refractivity contribution is 6.33. The molecule has 0 bridgehead atoms. The minimum absolute atomic E-state index is 0.0664. The molecule has 0 unspecified atom stereocenters. The fourth-order valence-electron chi connectivity index (χ4n) is 2.57. The molecule has 0 saturated carbocycles. The van der Waals surface area contributed by atoms with Gasteiger partial charge >= 0.3 is 0 Å². The summed E-state index contributed by atoms with van der Waals surface area (Å²) in [6.07, 6.45) is 0.677. The van der Waals surface area contributed by atoms with Crippen LogP contribution < -0.4 is 0 Å². The number of hydrogen-bond donors (Lipinski definition) is 0. The van der Waals surface area contributed by atoms with Crippen LogP contribution in [-0.4, -0.2) is 47.8 Å². The molecule has 120 valence electrons. The summed E-state index contributed by atoms with van der Waals surface area (Å²) in [5.41, 5.74) is -0.0900. The number of benzene rings is 1. The Balaban J connectivity index is 2.11. The second-order valence-corrected chi connectivity index (χ2v) is 6.13. The molecular weight excluding hydrogens is 307 g/mol. The van der Waals surface area contributed by atoms with Gasteiger partial charge in [0.05, 0.1) is 10.6 Å². The van der Waals surface area contributed by atoms with Gasteiger partial charge in [0.1, 0.15) is 5.82 Å². The number of carbonyl (C=O) groups excluding carboxylic acids is 2. The van der Waals surface area contributed by atoms with Gasteiger partial charge in [-0.2, -0.15) is 0 Å². The molecule has 1 heterocycles.